The first-order valence-electron chi connectivity index (χ1n) is 20.1. The summed E-state index contributed by atoms with van der Waals surface area (Å²) in [6, 6.07) is 4.68. The molecule has 4 aromatic rings. The number of halogens is 7. The van der Waals surface area contributed by atoms with Gasteiger partial charge in [-0.3, -0.25) is 14.8 Å². The Morgan fingerprint density at radius 2 is 1.77 bits per heavy atom. The van der Waals surface area contributed by atoms with Gasteiger partial charge in [0.25, 0.3) is 11.8 Å². The normalized spacial score (nSPS) is 24.9. The lowest BCUT2D eigenvalue weighted by Gasteiger charge is -2.42. The molecule has 12 nitrogen and oxygen atoms in total. The van der Waals surface area contributed by atoms with E-state index >= 15 is 13.2 Å². The molecule has 0 saturated carbocycles. The molecule has 10 rings (SSSR count). The van der Waals surface area contributed by atoms with Crippen LogP contribution in [0.1, 0.15) is 57.4 Å². The fourth-order valence-electron chi connectivity index (χ4n) is 9.84. The number of benzene rings is 2. The summed E-state index contributed by atoms with van der Waals surface area (Å²) in [5.74, 6) is -9.77. The molecule has 6 bridgehead atoms. The summed E-state index contributed by atoms with van der Waals surface area (Å²) in [6.07, 6.45) is -0.502. The lowest BCUT2D eigenvalue weighted by molar-refractivity contribution is -0.162. The largest absolute Gasteiger partial charge is 0.461 e. The third-order valence-electron chi connectivity index (χ3n) is 12.3. The average Bonchev–Trinajstić information content (AvgIpc) is 3.75. The van der Waals surface area contributed by atoms with E-state index in [1.165, 1.54) is 18.3 Å². The van der Waals surface area contributed by atoms with Crippen LogP contribution in [0.25, 0.3) is 32.9 Å². The number of amides is 2. The van der Waals surface area contributed by atoms with Crippen LogP contribution in [0.4, 0.5) is 46.1 Å². The van der Waals surface area contributed by atoms with Crippen LogP contribution < -0.4 is 19.7 Å². The van der Waals surface area contributed by atoms with Gasteiger partial charge >= 0.3 is 18.2 Å². The van der Waals surface area contributed by atoms with Crippen molar-refractivity contribution in [3.8, 4) is 23.0 Å². The van der Waals surface area contributed by atoms with Crippen LogP contribution >= 0.6 is 0 Å². The summed E-state index contributed by atoms with van der Waals surface area (Å²) < 4.78 is 123. The molecule has 19 heteroatoms. The Labute approximate surface area is 339 Å². The molecule has 2 aromatic heterocycles. The lowest BCUT2D eigenvalue weighted by atomic mass is 9.90. The van der Waals surface area contributed by atoms with E-state index in [2.05, 4.69) is 20.2 Å². The zero-order valence-electron chi connectivity index (χ0n) is 32.6. The second-order valence-electron chi connectivity index (χ2n) is 17.0. The number of nitrogens with zero attached hydrogens (tertiary/aromatic N) is 6. The average molecular weight is 846 g/mol. The van der Waals surface area contributed by atoms with Gasteiger partial charge in [0, 0.05) is 24.7 Å². The number of hydrogen-bond acceptors (Lipinski definition) is 10. The SMILES string of the molecule is CC12CC(F)CN(C1)c1nc(OCC34CCCN3CCC4)nc3c(F)c(ncc13)-c1cc(OC(=O)N3CC(F)(F)CC(F)(F)C3)cc3ccc(F)c(c13)CCCOC(=O)N2. The summed E-state index contributed by atoms with van der Waals surface area (Å²) in [6.45, 7) is 0.754. The van der Waals surface area contributed by atoms with E-state index in [9.17, 15) is 27.2 Å². The van der Waals surface area contributed by atoms with E-state index in [0.717, 1.165) is 50.9 Å². The monoisotopic (exact) mass is 845 g/mol. The van der Waals surface area contributed by atoms with Crippen molar-refractivity contribution in [2.75, 3.05) is 57.4 Å². The molecule has 2 amide bonds. The zero-order chi connectivity index (χ0) is 42.2. The standard InChI is InChI=1S/C41H42F7N7O5/c1-38-15-24(42)17-53(19-38)34-28-16-49-32(31(44)33(28)50-35(51-34)59-22-39-8-3-10-55(39)11-4-9-39)27-14-25(60-37(57)54-20-40(45,46)18-41(47,48)21-54)13-23-6-7-29(43)26(30(23)27)5-2-12-58-36(56)52-38/h6-7,13-14,16,24H,2-5,8-12,15,17-22H2,1H3,(H,52,56). The highest BCUT2D eigenvalue weighted by molar-refractivity contribution is 6.02. The summed E-state index contributed by atoms with van der Waals surface area (Å²) >= 11 is 0. The molecule has 4 saturated heterocycles. The van der Waals surface area contributed by atoms with Gasteiger partial charge in [-0.2, -0.15) is 9.97 Å². The van der Waals surface area contributed by atoms with Crippen LogP contribution in [-0.4, -0.2) is 119 Å². The summed E-state index contributed by atoms with van der Waals surface area (Å²) in [7, 11) is 0. The van der Waals surface area contributed by atoms with E-state index in [1.807, 2.05) is 0 Å². The predicted octanol–water partition coefficient (Wildman–Crippen LogP) is 7.58. The van der Waals surface area contributed by atoms with Crippen molar-refractivity contribution < 1.29 is 54.5 Å². The molecule has 0 radical (unpaired) electrons. The van der Waals surface area contributed by atoms with Gasteiger partial charge in [-0.25, -0.2) is 40.3 Å². The number of anilines is 1. The van der Waals surface area contributed by atoms with Crippen molar-refractivity contribution in [2.45, 2.75) is 87.4 Å². The molecule has 320 valence electrons. The first-order chi connectivity index (χ1) is 28.5. The Balaban J connectivity index is 1.20. The van der Waals surface area contributed by atoms with Gasteiger partial charge < -0.3 is 24.4 Å². The number of carbonyl (C=O) groups is 2. The van der Waals surface area contributed by atoms with Crippen molar-refractivity contribution in [3.05, 3.63) is 47.7 Å². The number of aryl methyl sites for hydroxylation is 1. The van der Waals surface area contributed by atoms with Crippen molar-refractivity contribution >= 4 is 39.7 Å². The predicted molar refractivity (Wildman–Crippen MR) is 204 cm³/mol. The van der Waals surface area contributed by atoms with Crippen LogP contribution in [0, 0.1) is 11.6 Å². The van der Waals surface area contributed by atoms with Gasteiger partial charge in [0.2, 0.25) is 0 Å². The molecular formula is C41H42F7N7O5. The molecule has 2 unspecified atom stereocenters. The van der Waals surface area contributed by atoms with Gasteiger partial charge in [-0.05, 0) is 93.1 Å². The highest BCUT2D eigenvalue weighted by Crippen LogP contribution is 2.43. The van der Waals surface area contributed by atoms with Crippen molar-refractivity contribution in [3.63, 3.8) is 0 Å². The molecule has 4 fully saturated rings. The van der Waals surface area contributed by atoms with Crippen LogP contribution in [0.15, 0.2) is 30.5 Å². The van der Waals surface area contributed by atoms with Crippen LogP contribution in [0.2, 0.25) is 0 Å². The molecular weight excluding hydrogens is 803 g/mol. The number of alkyl carbamates (subject to hydrolysis) is 1. The summed E-state index contributed by atoms with van der Waals surface area (Å²) in [5.41, 5.74) is -2.12. The lowest BCUT2D eigenvalue weighted by Crippen LogP contribution is -2.60. The highest BCUT2D eigenvalue weighted by Gasteiger charge is 2.52. The number of pyridine rings is 1. The molecule has 2 atom stereocenters. The summed E-state index contributed by atoms with van der Waals surface area (Å²) in [4.78, 5) is 44.1. The fourth-order valence-corrected chi connectivity index (χ4v) is 9.84. The second kappa shape index (κ2) is 14.8. The van der Waals surface area contributed by atoms with E-state index < -0.39 is 66.9 Å². The Hall–Kier alpha value is -5.20. The third kappa shape index (κ3) is 7.57. The highest BCUT2D eigenvalue weighted by atomic mass is 19.3. The number of likely N-dealkylation sites (tertiary alicyclic amines) is 1. The van der Waals surface area contributed by atoms with Gasteiger partial charge in [-0.15, -0.1) is 0 Å². The smallest absolute Gasteiger partial charge is 0.415 e. The zero-order valence-corrected chi connectivity index (χ0v) is 32.6. The maximum atomic E-state index is 17.5. The Morgan fingerprint density at radius 1 is 1.02 bits per heavy atom. The molecule has 60 heavy (non-hydrogen) atoms. The molecule has 6 aliphatic heterocycles. The number of alkyl halides is 5. The second-order valence-corrected chi connectivity index (χ2v) is 17.0. The van der Waals surface area contributed by atoms with Gasteiger partial charge in [0.05, 0.1) is 49.1 Å². The topological polar surface area (TPSA) is 122 Å². The summed E-state index contributed by atoms with van der Waals surface area (Å²) in [5, 5.41) is 3.17. The number of rotatable bonds is 4. The number of nitrogens with one attached hydrogen (secondary N) is 1. The van der Waals surface area contributed by atoms with E-state index in [4.69, 9.17) is 19.2 Å². The van der Waals surface area contributed by atoms with Crippen molar-refractivity contribution in [1.82, 2.24) is 30.1 Å². The van der Waals surface area contributed by atoms with Gasteiger partial charge in [-0.1, -0.05) is 6.07 Å². The van der Waals surface area contributed by atoms with Crippen molar-refractivity contribution in [1.29, 1.82) is 0 Å². The van der Waals surface area contributed by atoms with Crippen LogP contribution in [0.3, 0.4) is 0 Å². The molecule has 0 aliphatic carbocycles. The number of aromatic nitrogens is 3. The van der Waals surface area contributed by atoms with Gasteiger partial charge in [0.15, 0.2) is 5.82 Å². The molecule has 1 N–H and O–H groups in total. The van der Waals surface area contributed by atoms with Crippen molar-refractivity contribution in [2.24, 2.45) is 0 Å². The molecule has 8 heterocycles. The Kier molecular flexibility index (Phi) is 9.89. The number of fused-ring (bicyclic) bond motifs is 7. The fraction of sp³-hybridized carbons (Fsp3) is 0.537. The maximum absolute atomic E-state index is 17.5. The minimum absolute atomic E-state index is 0.0364. The van der Waals surface area contributed by atoms with E-state index in [0.29, 0.717) is 0 Å². The minimum atomic E-state index is -3.89. The number of carbonyl (C=O) groups excluding carboxylic acids is 2. The first kappa shape index (κ1) is 40.2. The van der Waals surface area contributed by atoms with Gasteiger partial charge in [0.1, 0.15) is 41.4 Å². The Morgan fingerprint density at radius 3 is 2.52 bits per heavy atom. The Bertz CT molecular complexity index is 2360. The molecule has 0 spiro atoms. The van der Waals surface area contributed by atoms with E-state index in [1.54, 1.807) is 11.8 Å². The van der Waals surface area contributed by atoms with E-state index in [-0.39, 0.29) is 112 Å². The minimum Gasteiger partial charge on any atom is -0.461 e. The van der Waals surface area contributed by atoms with Crippen LogP contribution in [0.5, 0.6) is 11.8 Å². The number of piperidine rings is 2. The van der Waals surface area contributed by atoms with Crippen LogP contribution in [-0.2, 0) is 11.2 Å². The first-order valence-corrected chi connectivity index (χ1v) is 20.1. The molecule has 6 aliphatic rings. The quantitative estimate of drug-likeness (QED) is 0.206. The number of hydrogen-bond donors (Lipinski definition) is 1. The maximum Gasteiger partial charge on any atom is 0.415 e. The third-order valence-corrected chi connectivity index (χ3v) is 12.3. The molecule has 2 aromatic carbocycles. The number of ether oxygens (including phenoxy) is 3.